The Morgan fingerprint density at radius 3 is 2.43 bits per heavy atom. The van der Waals surface area contributed by atoms with Crippen LogP contribution in [0.4, 0.5) is 0 Å². The SMILES string of the molecule is CC(/C=C/C(=O)Cl)Oc1ccc(Oc2ccc(Br)cc2Cl)cc1. The second-order valence-electron chi connectivity index (χ2n) is 4.63. The summed E-state index contributed by atoms with van der Waals surface area (Å²) in [4.78, 5) is 10.7. The van der Waals surface area contributed by atoms with E-state index in [0.29, 0.717) is 22.3 Å². The molecule has 0 radical (unpaired) electrons. The summed E-state index contributed by atoms with van der Waals surface area (Å²) in [5, 5.41) is -0.0141. The number of benzene rings is 2. The molecule has 23 heavy (non-hydrogen) atoms. The Balaban J connectivity index is 2.00. The molecule has 0 aliphatic heterocycles. The maximum atomic E-state index is 10.7. The van der Waals surface area contributed by atoms with Gasteiger partial charge in [-0.1, -0.05) is 27.5 Å². The average Bonchev–Trinajstić information content (AvgIpc) is 2.50. The predicted molar refractivity (Wildman–Crippen MR) is 95.8 cm³/mol. The lowest BCUT2D eigenvalue weighted by Crippen LogP contribution is -2.08. The zero-order chi connectivity index (χ0) is 16.8. The fourth-order valence-electron chi connectivity index (χ4n) is 1.74. The summed E-state index contributed by atoms with van der Waals surface area (Å²) < 4.78 is 12.2. The molecule has 2 rings (SSSR count). The van der Waals surface area contributed by atoms with Crippen molar-refractivity contribution in [3.8, 4) is 17.2 Å². The third-order valence-corrected chi connectivity index (χ3v) is 3.68. The van der Waals surface area contributed by atoms with Gasteiger partial charge in [-0.2, -0.15) is 0 Å². The van der Waals surface area contributed by atoms with Crippen LogP contribution in [0.5, 0.6) is 17.2 Å². The van der Waals surface area contributed by atoms with Gasteiger partial charge >= 0.3 is 0 Å². The minimum atomic E-state index is -0.532. The molecule has 6 heteroatoms. The van der Waals surface area contributed by atoms with E-state index < -0.39 is 5.24 Å². The van der Waals surface area contributed by atoms with E-state index in [1.54, 1.807) is 42.5 Å². The number of hydrogen-bond acceptors (Lipinski definition) is 3. The van der Waals surface area contributed by atoms with Gasteiger partial charge in [0.25, 0.3) is 0 Å². The van der Waals surface area contributed by atoms with E-state index in [2.05, 4.69) is 15.9 Å². The average molecular weight is 416 g/mol. The third-order valence-electron chi connectivity index (χ3n) is 2.77. The smallest absolute Gasteiger partial charge is 0.244 e. The van der Waals surface area contributed by atoms with Gasteiger partial charge in [-0.25, -0.2) is 0 Å². The molecule has 0 saturated heterocycles. The molecule has 0 heterocycles. The second kappa shape index (κ2) is 8.39. The molecule has 0 bridgehead atoms. The molecule has 3 nitrogen and oxygen atoms in total. The van der Waals surface area contributed by atoms with Gasteiger partial charge in [0.2, 0.25) is 5.24 Å². The molecule has 0 aliphatic rings. The highest BCUT2D eigenvalue weighted by molar-refractivity contribution is 9.10. The number of hydrogen-bond donors (Lipinski definition) is 0. The molecule has 2 aromatic rings. The number of rotatable bonds is 6. The van der Waals surface area contributed by atoms with Crippen LogP contribution >= 0.6 is 39.1 Å². The molecule has 0 aromatic heterocycles. The van der Waals surface area contributed by atoms with Crippen molar-refractivity contribution in [1.29, 1.82) is 0 Å². The Kier molecular flexibility index (Phi) is 6.51. The highest BCUT2D eigenvalue weighted by Gasteiger charge is 2.05. The van der Waals surface area contributed by atoms with Gasteiger partial charge in [0.15, 0.2) is 0 Å². The van der Waals surface area contributed by atoms with Crippen molar-refractivity contribution in [3.63, 3.8) is 0 Å². The van der Waals surface area contributed by atoms with Gasteiger partial charge < -0.3 is 9.47 Å². The first-order chi connectivity index (χ1) is 10.9. The quantitative estimate of drug-likeness (QED) is 0.429. The standard InChI is InChI=1S/C17H13BrCl2O3/c1-11(2-9-17(20)21)22-13-4-6-14(7-5-13)23-16-8-3-12(18)10-15(16)19/h2-11H,1H3/b9-2+. The van der Waals surface area contributed by atoms with E-state index in [0.717, 1.165) is 4.47 Å². The van der Waals surface area contributed by atoms with Gasteiger partial charge in [0, 0.05) is 4.47 Å². The van der Waals surface area contributed by atoms with Crippen LogP contribution in [0.1, 0.15) is 6.92 Å². The Morgan fingerprint density at radius 1 is 1.17 bits per heavy atom. The zero-order valence-electron chi connectivity index (χ0n) is 12.1. The van der Waals surface area contributed by atoms with Gasteiger partial charge in [-0.3, -0.25) is 4.79 Å². The summed E-state index contributed by atoms with van der Waals surface area (Å²) in [5.74, 6) is 1.86. The van der Waals surface area contributed by atoms with Gasteiger partial charge in [0.1, 0.15) is 23.4 Å². The van der Waals surface area contributed by atoms with Crippen molar-refractivity contribution in [2.45, 2.75) is 13.0 Å². The van der Waals surface area contributed by atoms with E-state index in [1.807, 2.05) is 13.0 Å². The highest BCUT2D eigenvalue weighted by Crippen LogP contribution is 2.32. The maximum absolute atomic E-state index is 10.7. The molecule has 0 fully saturated rings. The van der Waals surface area contributed by atoms with Crippen LogP contribution in [0.2, 0.25) is 5.02 Å². The third kappa shape index (κ3) is 5.90. The predicted octanol–water partition coefficient (Wildman–Crippen LogP) is 5.98. The van der Waals surface area contributed by atoms with Crippen molar-refractivity contribution in [2.24, 2.45) is 0 Å². The van der Waals surface area contributed by atoms with E-state index in [9.17, 15) is 4.79 Å². The fraction of sp³-hybridized carbons (Fsp3) is 0.118. The van der Waals surface area contributed by atoms with Crippen LogP contribution in [0.3, 0.4) is 0 Å². The van der Waals surface area contributed by atoms with Crippen molar-refractivity contribution in [3.05, 3.63) is 64.1 Å². The molecule has 120 valence electrons. The molecular weight excluding hydrogens is 403 g/mol. The normalized spacial score (nSPS) is 12.2. The first-order valence-electron chi connectivity index (χ1n) is 6.71. The van der Waals surface area contributed by atoms with Crippen LogP contribution in [0.15, 0.2) is 59.1 Å². The van der Waals surface area contributed by atoms with E-state index in [4.69, 9.17) is 32.7 Å². The van der Waals surface area contributed by atoms with Crippen LogP contribution < -0.4 is 9.47 Å². The summed E-state index contributed by atoms with van der Waals surface area (Å²) in [6.07, 6.45) is 2.58. The Morgan fingerprint density at radius 2 is 1.83 bits per heavy atom. The van der Waals surface area contributed by atoms with Crippen LogP contribution in [-0.2, 0) is 4.79 Å². The maximum Gasteiger partial charge on any atom is 0.244 e. The van der Waals surface area contributed by atoms with E-state index >= 15 is 0 Å². The monoisotopic (exact) mass is 414 g/mol. The van der Waals surface area contributed by atoms with Gasteiger partial charge in [0.05, 0.1) is 5.02 Å². The Bertz CT molecular complexity index is 714. The molecule has 0 N–H and O–H groups in total. The number of ether oxygens (including phenoxy) is 2. The highest BCUT2D eigenvalue weighted by atomic mass is 79.9. The topological polar surface area (TPSA) is 35.5 Å². The van der Waals surface area contributed by atoms with Crippen LogP contribution in [0, 0.1) is 0 Å². The minimum absolute atomic E-state index is 0.273. The molecule has 1 atom stereocenters. The lowest BCUT2D eigenvalue weighted by atomic mass is 10.3. The number of allylic oxidation sites excluding steroid dienone is 1. The number of carbonyl (C=O) groups is 1. The zero-order valence-corrected chi connectivity index (χ0v) is 15.2. The number of halogens is 3. The van der Waals surface area contributed by atoms with Crippen molar-refractivity contribution in [2.75, 3.05) is 0 Å². The first-order valence-corrected chi connectivity index (χ1v) is 8.26. The minimum Gasteiger partial charge on any atom is -0.487 e. The molecule has 2 aromatic carbocycles. The molecule has 0 aliphatic carbocycles. The molecular formula is C17H13BrCl2O3. The summed E-state index contributed by atoms with van der Waals surface area (Å²) in [6.45, 7) is 1.81. The molecule has 0 amide bonds. The van der Waals surface area contributed by atoms with Crippen LogP contribution in [0.25, 0.3) is 0 Å². The summed E-state index contributed by atoms with van der Waals surface area (Å²) >= 11 is 14.7. The fourth-order valence-corrected chi connectivity index (χ4v) is 2.52. The van der Waals surface area contributed by atoms with Gasteiger partial charge in [-0.05, 0) is 73.1 Å². The van der Waals surface area contributed by atoms with Crippen LogP contribution in [-0.4, -0.2) is 11.3 Å². The molecule has 0 spiro atoms. The molecule has 1 unspecified atom stereocenters. The van der Waals surface area contributed by atoms with E-state index in [-0.39, 0.29) is 6.10 Å². The van der Waals surface area contributed by atoms with Crippen molar-refractivity contribution in [1.82, 2.24) is 0 Å². The lowest BCUT2D eigenvalue weighted by molar-refractivity contribution is -0.107. The second-order valence-corrected chi connectivity index (χ2v) is 6.33. The summed E-state index contributed by atoms with van der Waals surface area (Å²) in [7, 11) is 0. The Labute approximate surface area is 152 Å². The first kappa shape index (κ1) is 17.9. The van der Waals surface area contributed by atoms with E-state index in [1.165, 1.54) is 6.08 Å². The summed E-state index contributed by atoms with van der Waals surface area (Å²) in [5.41, 5.74) is 0. The largest absolute Gasteiger partial charge is 0.487 e. The lowest BCUT2D eigenvalue weighted by Gasteiger charge is -2.12. The Hall–Kier alpha value is -1.49. The summed E-state index contributed by atoms with van der Waals surface area (Å²) in [6, 6.07) is 12.5. The molecule has 0 saturated carbocycles. The number of carbonyl (C=O) groups excluding carboxylic acids is 1. The van der Waals surface area contributed by atoms with Gasteiger partial charge in [-0.15, -0.1) is 0 Å². The van der Waals surface area contributed by atoms with Crippen molar-refractivity contribution >= 4 is 44.4 Å². The van der Waals surface area contributed by atoms with Crippen molar-refractivity contribution < 1.29 is 14.3 Å².